The Labute approximate surface area is 102 Å². The molecule has 0 aliphatic carbocycles. The molecular weight excluding hydrogens is 270 g/mol. The standard InChI is InChI=1S/C10H10BrN5/c1-7-12-3-2-8(16-7)5-13-10-4-9(11)14-6-15-10/h2-4,6H,5H2,1H3,(H,13,14,15). The Balaban J connectivity index is 2.02. The van der Waals surface area contributed by atoms with Gasteiger partial charge in [0, 0.05) is 12.3 Å². The van der Waals surface area contributed by atoms with Crippen LogP contribution < -0.4 is 5.32 Å². The minimum absolute atomic E-state index is 0.618. The van der Waals surface area contributed by atoms with Crippen molar-refractivity contribution in [2.45, 2.75) is 13.5 Å². The SMILES string of the molecule is Cc1nccc(CNc2cc(Br)ncn2)n1. The number of nitrogens with zero attached hydrogens (tertiary/aromatic N) is 4. The van der Waals surface area contributed by atoms with E-state index in [-0.39, 0.29) is 0 Å². The highest BCUT2D eigenvalue weighted by Gasteiger charge is 1.98. The molecule has 2 rings (SSSR count). The second kappa shape index (κ2) is 4.98. The average Bonchev–Trinajstić information content (AvgIpc) is 2.27. The minimum Gasteiger partial charge on any atom is -0.364 e. The van der Waals surface area contributed by atoms with Crippen LogP contribution in [0.1, 0.15) is 11.5 Å². The molecule has 6 heteroatoms. The fraction of sp³-hybridized carbons (Fsp3) is 0.200. The van der Waals surface area contributed by atoms with Crippen LogP contribution in [0.25, 0.3) is 0 Å². The summed E-state index contributed by atoms with van der Waals surface area (Å²) < 4.78 is 0.754. The zero-order valence-electron chi connectivity index (χ0n) is 8.68. The summed E-state index contributed by atoms with van der Waals surface area (Å²) in [5.74, 6) is 1.53. The van der Waals surface area contributed by atoms with Crippen molar-refractivity contribution in [1.82, 2.24) is 19.9 Å². The van der Waals surface area contributed by atoms with Crippen molar-refractivity contribution in [3.8, 4) is 0 Å². The maximum atomic E-state index is 4.28. The topological polar surface area (TPSA) is 63.6 Å². The zero-order chi connectivity index (χ0) is 11.4. The molecule has 0 atom stereocenters. The van der Waals surface area contributed by atoms with Crippen molar-refractivity contribution < 1.29 is 0 Å². The van der Waals surface area contributed by atoms with Gasteiger partial charge in [-0.3, -0.25) is 0 Å². The quantitative estimate of drug-likeness (QED) is 0.870. The Morgan fingerprint density at radius 2 is 2.19 bits per heavy atom. The molecule has 0 amide bonds. The first-order chi connectivity index (χ1) is 7.74. The van der Waals surface area contributed by atoms with Crippen LogP contribution in [0, 0.1) is 6.92 Å². The second-order valence-corrected chi connectivity index (χ2v) is 3.99. The van der Waals surface area contributed by atoms with Crippen LogP contribution in [0.5, 0.6) is 0 Å². The molecule has 0 unspecified atom stereocenters. The molecule has 2 heterocycles. The third kappa shape index (κ3) is 2.96. The molecule has 0 spiro atoms. The van der Waals surface area contributed by atoms with Gasteiger partial charge in [0.05, 0.1) is 12.2 Å². The van der Waals surface area contributed by atoms with E-state index < -0.39 is 0 Å². The Morgan fingerprint density at radius 3 is 2.94 bits per heavy atom. The Hall–Kier alpha value is -1.56. The summed E-state index contributed by atoms with van der Waals surface area (Å²) in [7, 11) is 0. The molecule has 0 saturated heterocycles. The third-order valence-corrected chi connectivity index (χ3v) is 2.35. The number of rotatable bonds is 3. The molecule has 0 aliphatic heterocycles. The lowest BCUT2D eigenvalue weighted by Crippen LogP contribution is -2.04. The monoisotopic (exact) mass is 279 g/mol. The molecule has 5 nitrogen and oxygen atoms in total. The van der Waals surface area contributed by atoms with Crippen LogP contribution in [-0.2, 0) is 6.54 Å². The van der Waals surface area contributed by atoms with Crippen molar-refractivity contribution in [2.24, 2.45) is 0 Å². The van der Waals surface area contributed by atoms with Crippen LogP contribution in [0.3, 0.4) is 0 Å². The molecule has 1 N–H and O–H groups in total. The Morgan fingerprint density at radius 1 is 1.31 bits per heavy atom. The first-order valence-electron chi connectivity index (χ1n) is 4.74. The van der Waals surface area contributed by atoms with Crippen molar-refractivity contribution in [3.63, 3.8) is 0 Å². The van der Waals surface area contributed by atoms with Gasteiger partial charge in [0.15, 0.2) is 0 Å². The van der Waals surface area contributed by atoms with Gasteiger partial charge >= 0.3 is 0 Å². The fourth-order valence-corrected chi connectivity index (χ4v) is 1.52. The van der Waals surface area contributed by atoms with Gasteiger partial charge in [0.25, 0.3) is 0 Å². The van der Waals surface area contributed by atoms with Gasteiger partial charge in [-0.15, -0.1) is 0 Å². The summed E-state index contributed by atoms with van der Waals surface area (Å²) >= 11 is 3.28. The van der Waals surface area contributed by atoms with Crippen molar-refractivity contribution in [1.29, 1.82) is 0 Å². The van der Waals surface area contributed by atoms with Crippen LogP contribution in [-0.4, -0.2) is 19.9 Å². The van der Waals surface area contributed by atoms with E-state index in [1.165, 1.54) is 6.33 Å². The molecular formula is C10H10BrN5. The van der Waals surface area contributed by atoms with Crippen molar-refractivity contribution >= 4 is 21.7 Å². The van der Waals surface area contributed by atoms with Gasteiger partial charge in [-0.2, -0.15) is 0 Å². The predicted octanol–water partition coefficient (Wildman–Crippen LogP) is 1.95. The average molecular weight is 280 g/mol. The van der Waals surface area contributed by atoms with Gasteiger partial charge in [-0.1, -0.05) is 0 Å². The van der Waals surface area contributed by atoms with E-state index in [0.29, 0.717) is 6.54 Å². The second-order valence-electron chi connectivity index (χ2n) is 3.17. The van der Waals surface area contributed by atoms with Gasteiger partial charge in [-0.05, 0) is 28.9 Å². The summed E-state index contributed by atoms with van der Waals surface area (Å²) in [4.78, 5) is 16.3. The number of nitrogens with one attached hydrogen (secondary N) is 1. The van der Waals surface area contributed by atoms with E-state index in [0.717, 1.165) is 21.9 Å². The summed E-state index contributed by atoms with van der Waals surface area (Å²) in [5, 5.41) is 3.16. The van der Waals surface area contributed by atoms with E-state index >= 15 is 0 Å². The number of anilines is 1. The van der Waals surface area contributed by atoms with E-state index in [4.69, 9.17) is 0 Å². The van der Waals surface area contributed by atoms with Gasteiger partial charge in [0.2, 0.25) is 0 Å². The lowest BCUT2D eigenvalue weighted by Gasteiger charge is -2.04. The highest BCUT2D eigenvalue weighted by molar-refractivity contribution is 9.10. The first-order valence-corrected chi connectivity index (χ1v) is 5.53. The van der Waals surface area contributed by atoms with Crippen LogP contribution in [0.2, 0.25) is 0 Å². The minimum atomic E-state index is 0.618. The summed E-state index contributed by atoms with van der Waals surface area (Å²) in [5.41, 5.74) is 0.933. The number of hydrogen-bond acceptors (Lipinski definition) is 5. The largest absolute Gasteiger partial charge is 0.364 e. The first kappa shape index (κ1) is 10.9. The van der Waals surface area contributed by atoms with Crippen molar-refractivity contribution in [3.05, 3.63) is 40.8 Å². The van der Waals surface area contributed by atoms with E-state index in [1.54, 1.807) is 6.20 Å². The fourth-order valence-electron chi connectivity index (χ4n) is 1.21. The highest BCUT2D eigenvalue weighted by atomic mass is 79.9. The number of hydrogen-bond donors (Lipinski definition) is 1. The molecule has 0 bridgehead atoms. The predicted molar refractivity (Wildman–Crippen MR) is 63.8 cm³/mol. The molecule has 0 radical (unpaired) electrons. The molecule has 82 valence electrons. The molecule has 0 aromatic carbocycles. The van der Waals surface area contributed by atoms with Crippen LogP contribution in [0.4, 0.5) is 5.82 Å². The van der Waals surface area contributed by atoms with E-state index in [1.807, 2.05) is 19.1 Å². The van der Waals surface area contributed by atoms with Gasteiger partial charge in [-0.25, -0.2) is 19.9 Å². The van der Waals surface area contributed by atoms with Gasteiger partial charge in [0.1, 0.15) is 22.6 Å². The van der Waals surface area contributed by atoms with Crippen LogP contribution in [0.15, 0.2) is 29.3 Å². The van der Waals surface area contributed by atoms with Gasteiger partial charge < -0.3 is 5.32 Å². The third-order valence-electron chi connectivity index (χ3n) is 1.92. The molecule has 2 aromatic heterocycles. The highest BCUT2D eigenvalue weighted by Crippen LogP contribution is 2.10. The normalized spacial score (nSPS) is 10.1. The lowest BCUT2D eigenvalue weighted by atomic mass is 10.4. The number of halogens is 1. The summed E-state index contributed by atoms with van der Waals surface area (Å²) in [6, 6.07) is 3.68. The smallest absolute Gasteiger partial charge is 0.130 e. The molecule has 0 aliphatic rings. The zero-order valence-corrected chi connectivity index (χ0v) is 10.3. The molecule has 2 aromatic rings. The summed E-state index contributed by atoms with van der Waals surface area (Å²) in [6.45, 7) is 2.48. The molecule has 0 fully saturated rings. The maximum Gasteiger partial charge on any atom is 0.130 e. The van der Waals surface area contributed by atoms with Crippen LogP contribution >= 0.6 is 15.9 Å². The summed E-state index contributed by atoms with van der Waals surface area (Å²) in [6.07, 6.45) is 3.24. The maximum absolute atomic E-state index is 4.28. The Kier molecular flexibility index (Phi) is 3.40. The van der Waals surface area contributed by atoms with E-state index in [9.17, 15) is 0 Å². The molecule has 0 saturated carbocycles. The lowest BCUT2D eigenvalue weighted by molar-refractivity contribution is 0.947. The van der Waals surface area contributed by atoms with Crippen molar-refractivity contribution in [2.75, 3.05) is 5.32 Å². The number of aryl methyl sites for hydroxylation is 1. The molecule has 16 heavy (non-hydrogen) atoms. The number of aromatic nitrogens is 4. The van der Waals surface area contributed by atoms with E-state index in [2.05, 4.69) is 41.2 Å². The Bertz CT molecular complexity index is 443.